The second kappa shape index (κ2) is 7.93. The van der Waals surface area contributed by atoms with Crippen molar-refractivity contribution in [3.8, 4) is 0 Å². The number of benzene rings is 1. The molecule has 0 unspecified atom stereocenters. The minimum atomic E-state index is -0.342. The van der Waals surface area contributed by atoms with Crippen molar-refractivity contribution in [2.75, 3.05) is 7.11 Å². The molecule has 0 aliphatic rings. The molecule has 0 aliphatic carbocycles. The molecule has 0 spiro atoms. The van der Waals surface area contributed by atoms with E-state index in [9.17, 15) is 4.79 Å². The van der Waals surface area contributed by atoms with Crippen LogP contribution < -0.4 is 0 Å². The lowest BCUT2D eigenvalue weighted by Crippen LogP contribution is -2.01. The standard InChI is InChI=1S/C16H18O3/c1-4-5-6-7-13(2)19-12-14-8-10-15(11-9-14)16(17)18-3/h4-11H,2,12H2,1,3H3/b5-4-,7-6-. The van der Waals surface area contributed by atoms with Crippen molar-refractivity contribution in [2.45, 2.75) is 13.5 Å². The van der Waals surface area contributed by atoms with E-state index in [0.717, 1.165) is 5.56 Å². The second-order valence-corrected chi connectivity index (χ2v) is 3.83. The molecule has 1 aromatic rings. The Hall–Kier alpha value is -2.29. The van der Waals surface area contributed by atoms with E-state index >= 15 is 0 Å². The van der Waals surface area contributed by atoms with Crippen LogP contribution in [-0.4, -0.2) is 13.1 Å². The molecule has 3 nitrogen and oxygen atoms in total. The van der Waals surface area contributed by atoms with E-state index in [4.69, 9.17) is 4.74 Å². The maximum Gasteiger partial charge on any atom is 0.337 e. The molecule has 0 fully saturated rings. The van der Waals surface area contributed by atoms with Gasteiger partial charge in [0, 0.05) is 0 Å². The van der Waals surface area contributed by atoms with Crippen LogP contribution in [0.1, 0.15) is 22.8 Å². The molecule has 0 aromatic heterocycles. The zero-order valence-corrected chi connectivity index (χ0v) is 11.3. The monoisotopic (exact) mass is 258 g/mol. The van der Waals surface area contributed by atoms with Crippen molar-refractivity contribution in [1.29, 1.82) is 0 Å². The second-order valence-electron chi connectivity index (χ2n) is 3.83. The number of carbonyl (C=O) groups is 1. The molecule has 0 bridgehead atoms. The Morgan fingerprint density at radius 1 is 1.26 bits per heavy atom. The summed E-state index contributed by atoms with van der Waals surface area (Å²) in [6, 6.07) is 7.08. The van der Waals surface area contributed by atoms with Crippen LogP contribution in [0, 0.1) is 0 Å². The maximum atomic E-state index is 11.3. The fourth-order valence-corrected chi connectivity index (χ4v) is 1.35. The molecular formula is C16H18O3. The molecule has 0 N–H and O–H groups in total. The van der Waals surface area contributed by atoms with Gasteiger partial charge in [-0.15, -0.1) is 0 Å². The van der Waals surface area contributed by atoms with Crippen LogP contribution >= 0.6 is 0 Å². The minimum Gasteiger partial charge on any atom is -0.490 e. The quantitative estimate of drug-likeness (QED) is 0.444. The predicted octanol–water partition coefficient (Wildman–Crippen LogP) is 3.64. The van der Waals surface area contributed by atoms with Gasteiger partial charge in [0.15, 0.2) is 0 Å². The molecular weight excluding hydrogens is 240 g/mol. The first kappa shape index (κ1) is 14.8. The van der Waals surface area contributed by atoms with Gasteiger partial charge >= 0.3 is 5.97 Å². The Kier molecular flexibility index (Phi) is 6.16. The summed E-state index contributed by atoms with van der Waals surface area (Å²) in [5.74, 6) is 0.251. The molecule has 3 heteroatoms. The number of esters is 1. The normalized spacial score (nSPS) is 10.8. The van der Waals surface area contributed by atoms with Gasteiger partial charge < -0.3 is 9.47 Å². The summed E-state index contributed by atoms with van der Waals surface area (Å²) in [5, 5.41) is 0. The Morgan fingerprint density at radius 3 is 2.53 bits per heavy atom. The number of rotatable bonds is 6. The van der Waals surface area contributed by atoms with Gasteiger partial charge in [0.2, 0.25) is 0 Å². The maximum absolute atomic E-state index is 11.3. The van der Waals surface area contributed by atoms with Gasteiger partial charge in [-0.2, -0.15) is 0 Å². The van der Waals surface area contributed by atoms with E-state index < -0.39 is 0 Å². The molecule has 100 valence electrons. The average Bonchev–Trinajstić information content (AvgIpc) is 2.45. The van der Waals surface area contributed by atoms with Gasteiger partial charge in [-0.25, -0.2) is 4.79 Å². The van der Waals surface area contributed by atoms with E-state index in [1.165, 1.54) is 7.11 Å². The van der Waals surface area contributed by atoms with Gasteiger partial charge in [-0.1, -0.05) is 36.9 Å². The van der Waals surface area contributed by atoms with E-state index in [2.05, 4.69) is 11.3 Å². The Labute approximate surface area is 113 Å². The Bertz CT molecular complexity index is 481. The third-order valence-electron chi connectivity index (χ3n) is 2.38. The van der Waals surface area contributed by atoms with Crippen molar-refractivity contribution >= 4 is 5.97 Å². The topological polar surface area (TPSA) is 35.5 Å². The molecule has 0 saturated carbocycles. The lowest BCUT2D eigenvalue weighted by Gasteiger charge is -2.06. The predicted molar refractivity (Wildman–Crippen MR) is 75.7 cm³/mol. The molecule has 1 aromatic carbocycles. The molecule has 0 amide bonds. The largest absolute Gasteiger partial charge is 0.490 e. The number of allylic oxidation sites excluding steroid dienone is 4. The summed E-state index contributed by atoms with van der Waals surface area (Å²) in [6.07, 6.45) is 7.49. The van der Waals surface area contributed by atoms with E-state index in [0.29, 0.717) is 17.9 Å². The van der Waals surface area contributed by atoms with Crippen molar-refractivity contribution in [1.82, 2.24) is 0 Å². The smallest absolute Gasteiger partial charge is 0.337 e. The zero-order chi connectivity index (χ0) is 14.1. The summed E-state index contributed by atoms with van der Waals surface area (Å²) in [5.41, 5.74) is 1.49. The fraction of sp³-hybridized carbons (Fsp3) is 0.188. The van der Waals surface area contributed by atoms with Gasteiger partial charge in [0.25, 0.3) is 0 Å². The van der Waals surface area contributed by atoms with Gasteiger partial charge in [0.05, 0.1) is 12.7 Å². The molecule has 0 atom stereocenters. The summed E-state index contributed by atoms with van der Waals surface area (Å²) in [7, 11) is 1.36. The highest BCUT2D eigenvalue weighted by molar-refractivity contribution is 5.89. The molecule has 0 radical (unpaired) electrons. The first-order valence-electron chi connectivity index (χ1n) is 5.95. The van der Waals surface area contributed by atoms with Crippen LogP contribution in [0.15, 0.2) is 60.9 Å². The van der Waals surface area contributed by atoms with Crippen LogP contribution in [0.5, 0.6) is 0 Å². The van der Waals surface area contributed by atoms with Crippen LogP contribution in [-0.2, 0) is 16.1 Å². The van der Waals surface area contributed by atoms with Crippen LogP contribution in [0.25, 0.3) is 0 Å². The Morgan fingerprint density at radius 2 is 1.95 bits per heavy atom. The lowest BCUT2D eigenvalue weighted by molar-refractivity contribution is 0.0600. The molecule has 1 rings (SSSR count). The fourth-order valence-electron chi connectivity index (χ4n) is 1.35. The number of hydrogen-bond donors (Lipinski definition) is 0. The summed E-state index contributed by atoms with van der Waals surface area (Å²) < 4.78 is 10.1. The number of methoxy groups -OCH3 is 1. The van der Waals surface area contributed by atoms with Gasteiger partial charge in [-0.3, -0.25) is 0 Å². The van der Waals surface area contributed by atoms with Gasteiger partial charge in [-0.05, 0) is 30.7 Å². The zero-order valence-electron chi connectivity index (χ0n) is 11.3. The minimum absolute atomic E-state index is 0.342. The molecule has 0 saturated heterocycles. The lowest BCUT2D eigenvalue weighted by atomic mass is 10.1. The number of carbonyl (C=O) groups excluding carboxylic acids is 1. The highest BCUT2D eigenvalue weighted by Gasteiger charge is 2.04. The van der Waals surface area contributed by atoms with E-state index in [1.54, 1.807) is 18.2 Å². The average molecular weight is 258 g/mol. The first-order valence-corrected chi connectivity index (χ1v) is 5.95. The number of hydrogen-bond acceptors (Lipinski definition) is 3. The van der Waals surface area contributed by atoms with Crippen LogP contribution in [0.2, 0.25) is 0 Å². The summed E-state index contributed by atoms with van der Waals surface area (Å²) >= 11 is 0. The van der Waals surface area contributed by atoms with Crippen molar-refractivity contribution in [3.05, 3.63) is 72.0 Å². The third kappa shape index (κ3) is 5.25. The van der Waals surface area contributed by atoms with Gasteiger partial charge in [0.1, 0.15) is 12.4 Å². The highest BCUT2D eigenvalue weighted by Crippen LogP contribution is 2.09. The van der Waals surface area contributed by atoms with Crippen LogP contribution in [0.3, 0.4) is 0 Å². The Balaban J connectivity index is 2.50. The van der Waals surface area contributed by atoms with Crippen molar-refractivity contribution < 1.29 is 14.3 Å². The third-order valence-corrected chi connectivity index (χ3v) is 2.38. The molecule has 0 aliphatic heterocycles. The first-order chi connectivity index (χ1) is 9.17. The van der Waals surface area contributed by atoms with E-state index in [1.807, 2.05) is 37.3 Å². The highest BCUT2D eigenvalue weighted by atomic mass is 16.5. The molecule has 0 heterocycles. The molecule has 19 heavy (non-hydrogen) atoms. The number of ether oxygens (including phenoxy) is 2. The van der Waals surface area contributed by atoms with E-state index in [-0.39, 0.29) is 5.97 Å². The van der Waals surface area contributed by atoms with Crippen molar-refractivity contribution in [2.24, 2.45) is 0 Å². The van der Waals surface area contributed by atoms with Crippen LogP contribution in [0.4, 0.5) is 0 Å². The van der Waals surface area contributed by atoms with Crippen molar-refractivity contribution in [3.63, 3.8) is 0 Å². The summed E-state index contributed by atoms with van der Waals surface area (Å²) in [4.78, 5) is 11.3. The SMILES string of the molecule is C=C(/C=C\C=C/C)OCc1ccc(C(=O)OC)cc1. The summed E-state index contributed by atoms with van der Waals surface area (Å²) in [6.45, 7) is 6.14.